The third-order valence-corrected chi connectivity index (χ3v) is 8.01. The van der Waals surface area contributed by atoms with Crippen molar-refractivity contribution in [3.63, 3.8) is 0 Å². The van der Waals surface area contributed by atoms with Crippen molar-refractivity contribution in [1.82, 2.24) is 25.7 Å². The van der Waals surface area contributed by atoms with Gasteiger partial charge in [-0.1, -0.05) is 12.1 Å². The number of piperidine rings is 1. The Morgan fingerprint density at radius 3 is 2.42 bits per heavy atom. The Kier molecular flexibility index (Phi) is 11.0. The number of nitrogens with one attached hydrogen (secondary N) is 2. The number of amides is 1. The van der Waals surface area contributed by atoms with Crippen molar-refractivity contribution in [2.75, 3.05) is 24.6 Å². The van der Waals surface area contributed by atoms with Crippen LogP contribution >= 0.6 is 0 Å². The molecule has 1 amide bonds. The Morgan fingerprint density at radius 1 is 1.08 bits per heavy atom. The monoisotopic (exact) mass is 678 g/mol. The molecule has 1 aliphatic rings. The van der Waals surface area contributed by atoms with Crippen LogP contribution in [-0.2, 0) is 11.3 Å². The van der Waals surface area contributed by atoms with Crippen molar-refractivity contribution in [3.8, 4) is 45.9 Å². The molecule has 0 atom stereocenters. The molecule has 4 aromatic rings. The number of aromatic nitrogens is 3. The highest BCUT2D eigenvalue weighted by molar-refractivity contribution is 5.91. The summed E-state index contributed by atoms with van der Waals surface area (Å²) >= 11 is 0. The van der Waals surface area contributed by atoms with E-state index < -0.39 is 17.3 Å². The molecule has 1 saturated heterocycles. The van der Waals surface area contributed by atoms with Crippen LogP contribution in [0.4, 0.5) is 10.2 Å². The number of rotatable bonds is 11. The topological polar surface area (TPSA) is 201 Å². The Labute approximate surface area is 287 Å². The molecule has 1 fully saturated rings. The molecule has 14 heteroatoms. The number of phenolic OH excluding ortho intramolecular Hbond substituents is 1. The van der Waals surface area contributed by atoms with E-state index in [4.69, 9.17) is 14.9 Å². The van der Waals surface area contributed by atoms with Gasteiger partial charge in [-0.05, 0) is 68.2 Å². The minimum absolute atomic E-state index is 0.0505. The number of carbonyl (C=O) groups excluding carboxylic acids is 1. The van der Waals surface area contributed by atoms with E-state index in [1.165, 1.54) is 29.8 Å². The Morgan fingerprint density at radius 2 is 1.80 bits per heavy atom. The molecule has 2 aromatic carbocycles. The molecule has 0 unspecified atom stereocenters. The van der Waals surface area contributed by atoms with Gasteiger partial charge >= 0.3 is 0 Å². The summed E-state index contributed by atoms with van der Waals surface area (Å²) in [6.45, 7) is 4.80. The molecule has 256 valence electrons. The number of ether oxygens (including phenoxy) is 1. The SMILES string of the molecule is CC(C)(O)COc1ccc(-c2cnc(N3CCC(NCc4cnc(/C=C/C(=O)NO)nc4)CC3)c(C#N)c2-c2ccc(C#N)c(F)c2)cc1O. The highest BCUT2D eigenvalue weighted by atomic mass is 19.1. The normalized spacial score (nSPS) is 13.5. The Balaban J connectivity index is 1.37. The number of carbonyl (C=O) groups is 1. The summed E-state index contributed by atoms with van der Waals surface area (Å²) in [5.74, 6) is -0.670. The number of aliphatic hydroxyl groups is 1. The summed E-state index contributed by atoms with van der Waals surface area (Å²) in [6, 6.07) is 13.1. The fourth-order valence-corrected chi connectivity index (χ4v) is 5.48. The van der Waals surface area contributed by atoms with Crippen LogP contribution in [-0.4, -0.2) is 67.6 Å². The van der Waals surface area contributed by atoms with Crippen molar-refractivity contribution in [3.05, 3.63) is 89.4 Å². The minimum atomic E-state index is -1.12. The van der Waals surface area contributed by atoms with Gasteiger partial charge in [0.25, 0.3) is 5.91 Å². The van der Waals surface area contributed by atoms with Gasteiger partial charge in [0.1, 0.15) is 35.9 Å². The number of benzene rings is 2. The maximum atomic E-state index is 14.9. The van der Waals surface area contributed by atoms with Gasteiger partial charge in [-0.15, -0.1) is 0 Å². The smallest absolute Gasteiger partial charge is 0.267 e. The van der Waals surface area contributed by atoms with Gasteiger partial charge in [0.05, 0.1) is 11.2 Å². The predicted octanol–water partition coefficient (Wildman–Crippen LogP) is 4.22. The molecule has 3 heterocycles. The molecule has 2 aromatic heterocycles. The average Bonchev–Trinajstić information content (AvgIpc) is 3.12. The van der Waals surface area contributed by atoms with E-state index in [-0.39, 0.29) is 35.3 Å². The van der Waals surface area contributed by atoms with Gasteiger partial charge in [-0.3, -0.25) is 10.0 Å². The maximum absolute atomic E-state index is 14.9. The zero-order chi connectivity index (χ0) is 35.8. The second-order valence-electron chi connectivity index (χ2n) is 12.3. The number of hydroxylamine groups is 1. The number of hydrogen-bond donors (Lipinski definition) is 5. The van der Waals surface area contributed by atoms with Gasteiger partial charge in [0.15, 0.2) is 17.3 Å². The van der Waals surface area contributed by atoms with Crippen LogP contribution < -0.4 is 20.4 Å². The highest BCUT2D eigenvalue weighted by Crippen LogP contribution is 2.41. The first kappa shape index (κ1) is 35.4. The van der Waals surface area contributed by atoms with Crippen molar-refractivity contribution in [2.45, 2.75) is 44.9 Å². The Bertz CT molecular complexity index is 1970. The second-order valence-corrected chi connectivity index (χ2v) is 12.3. The summed E-state index contributed by atoms with van der Waals surface area (Å²) in [7, 11) is 0. The summed E-state index contributed by atoms with van der Waals surface area (Å²) in [6.07, 6.45) is 8.88. The highest BCUT2D eigenvalue weighted by Gasteiger charge is 2.26. The number of phenols is 1. The van der Waals surface area contributed by atoms with E-state index in [2.05, 4.69) is 21.4 Å². The first-order valence-corrected chi connectivity index (χ1v) is 15.7. The van der Waals surface area contributed by atoms with Crippen LogP contribution in [0, 0.1) is 28.5 Å². The molecular weight excluding hydrogens is 643 g/mol. The van der Waals surface area contributed by atoms with Crippen LogP contribution in [0.3, 0.4) is 0 Å². The molecule has 0 saturated carbocycles. The van der Waals surface area contributed by atoms with Crippen molar-refractivity contribution in [1.29, 1.82) is 10.5 Å². The molecular formula is C36H35FN8O5. The van der Waals surface area contributed by atoms with Crippen LogP contribution in [0.15, 0.2) is 61.1 Å². The molecule has 0 spiro atoms. The number of nitrogens with zero attached hydrogens (tertiary/aromatic N) is 6. The zero-order valence-electron chi connectivity index (χ0n) is 27.4. The summed E-state index contributed by atoms with van der Waals surface area (Å²) in [5.41, 5.74) is 3.07. The fraction of sp³-hybridized carbons (Fsp3) is 0.278. The molecule has 13 nitrogen and oxygen atoms in total. The summed E-state index contributed by atoms with van der Waals surface area (Å²) in [4.78, 5) is 26.3. The van der Waals surface area contributed by atoms with Crippen LogP contribution in [0.1, 0.15) is 49.2 Å². The maximum Gasteiger partial charge on any atom is 0.267 e. The third kappa shape index (κ3) is 8.56. The summed E-state index contributed by atoms with van der Waals surface area (Å²) in [5, 5.41) is 52.7. The van der Waals surface area contributed by atoms with Gasteiger partial charge < -0.3 is 25.2 Å². The van der Waals surface area contributed by atoms with Crippen LogP contribution in [0.2, 0.25) is 0 Å². The van der Waals surface area contributed by atoms with Crippen molar-refractivity contribution >= 4 is 17.8 Å². The average molecular weight is 679 g/mol. The molecule has 50 heavy (non-hydrogen) atoms. The van der Waals surface area contributed by atoms with E-state index in [0.717, 1.165) is 24.5 Å². The van der Waals surface area contributed by atoms with Crippen molar-refractivity contribution < 1.29 is 29.3 Å². The van der Waals surface area contributed by atoms with E-state index >= 15 is 0 Å². The standard InChI is InChI=1S/C36H35FN8O5/c1-36(2,48)21-50-31-6-5-23(14-30(31)46)28-20-43-35(27(16-39)34(28)24-3-4-25(15-38)29(37)13-24)45-11-9-26(10-12-45)40-17-22-18-41-32(42-19-22)7-8-33(47)44-49/h3-8,13-14,18-20,26,40,46,48-49H,9-12,17,21H2,1-2H3,(H,44,47)/b8-7+. The second kappa shape index (κ2) is 15.5. The van der Waals surface area contributed by atoms with Crippen LogP contribution in [0.5, 0.6) is 11.5 Å². The van der Waals surface area contributed by atoms with E-state index in [0.29, 0.717) is 53.5 Å². The lowest BCUT2D eigenvalue weighted by Crippen LogP contribution is -2.43. The Hall–Kier alpha value is -5.93. The lowest BCUT2D eigenvalue weighted by molar-refractivity contribution is -0.124. The molecule has 1 aliphatic heterocycles. The summed E-state index contributed by atoms with van der Waals surface area (Å²) < 4.78 is 20.5. The first-order chi connectivity index (χ1) is 24.0. The predicted molar refractivity (Wildman–Crippen MR) is 181 cm³/mol. The number of pyridine rings is 1. The number of halogens is 1. The molecule has 5 N–H and O–H groups in total. The van der Waals surface area contributed by atoms with E-state index in [1.54, 1.807) is 50.6 Å². The largest absolute Gasteiger partial charge is 0.504 e. The number of anilines is 1. The zero-order valence-corrected chi connectivity index (χ0v) is 27.4. The van der Waals surface area contributed by atoms with Gasteiger partial charge in [-0.2, -0.15) is 10.5 Å². The van der Waals surface area contributed by atoms with E-state index in [9.17, 15) is 29.9 Å². The lowest BCUT2D eigenvalue weighted by Gasteiger charge is -2.34. The minimum Gasteiger partial charge on any atom is -0.504 e. The van der Waals surface area contributed by atoms with Crippen LogP contribution in [0.25, 0.3) is 28.3 Å². The van der Waals surface area contributed by atoms with E-state index in [1.807, 2.05) is 11.0 Å². The van der Waals surface area contributed by atoms with Gasteiger partial charge in [0, 0.05) is 67.0 Å². The molecule has 0 aliphatic carbocycles. The molecule has 0 bridgehead atoms. The number of hydrogen-bond acceptors (Lipinski definition) is 12. The number of nitriles is 2. The lowest BCUT2D eigenvalue weighted by atomic mass is 9.91. The van der Waals surface area contributed by atoms with Gasteiger partial charge in [-0.25, -0.2) is 24.8 Å². The molecule has 5 rings (SSSR count). The number of aromatic hydroxyl groups is 1. The quantitative estimate of drug-likeness (QED) is 0.0861. The van der Waals surface area contributed by atoms with Gasteiger partial charge in [0.2, 0.25) is 0 Å². The first-order valence-electron chi connectivity index (χ1n) is 15.7. The fourth-order valence-electron chi connectivity index (χ4n) is 5.48. The molecule has 0 radical (unpaired) electrons. The third-order valence-electron chi connectivity index (χ3n) is 8.01. The van der Waals surface area contributed by atoms with Crippen molar-refractivity contribution in [2.24, 2.45) is 0 Å².